The van der Waals surface area contributed by atoms with Crippen LogP contribution in [-0.2, 0) is 12.0 Å². The van der Waals surface area contributed by atoms with E-state index in [2.05, 4.69) is 45.1 Å². The highest BCUT2D eigenvalue weighted by atomic mass is 32.1. The maximum absolute atomic E-state index is 5.67. The van der Waals surface area contributed by atoms with Gasteiger partial charge < -0.3 is 0 Å². The number of hydrogen-bond donors (Lipinski definition) is 1. The summed E-state index contributed by atoms with van der Waals surface area (Å²) in [6.45, 7) is 0. The van der Waals surface area contributed by atoms with Crippen molar-refractivity contribution in [2.24, 2.45) is 17.8 Å². The number of hydrogen-bond acceptors (Lipinski definition) is 2. The number of rotatable bonds is 3. The van der Waals surface area contributed by atoms with Gasteiger partial charge in [0.05, 0.1) is 0 Å². The highest BCUT2D eigenvalue weighted by molar-refractivity contribution is 7.71. The molecule has 4 fully saturated rings. The Balaban J connectivity index is 1.56. The third kappa shape index (κ3) is 2.22. The second-order valence-corrected chi connectivity index (χ2v) is 8.47. The first kappa shape index (κ1) is 14.0. The lowest BCUT2D eigenvalue weighted by Gasteiger charge is -2.57. The predicted molar refractivity (Wildman–Crippen MR) is 92.8 cm³/mol. The molecule has 2 aromatic rings. The quantitative estimate of drug-likeness (QED) is 0.846. The van der Waals surface area contributed by atoms with E-state index in [0.717, 1.165) is 34.8 Å². The second kappa shape index (κ2) is 5.04. The van der Waals surface area contributed by atoms with E-state index in [1.807, 2.05) is 0 Å². The van der Waals surface area contributed by atoms with Gasteiger partial charge in [-0.05, 0) is 74.1 Å². The van der Waals surface area contributed by atoms with Crippen molar-refractivity contribution in [3.8, 4) is 0 Å². The number of nitrogens with zero attached hydrogens (tertiary/aromatic N) is 2. The predicted octanol–water partition coefficient (Wildman–Crippen LogP) is 4.46. The molecule has 1 aromatic heterocycles. The fourth-order valence-electron chi connectivity index (χ4n) is 6.05. The molecule has 0 aliphatic heterocycles. The maximum Gasteiger partial charge on any atom is 0.195 e. The van der Waals surface area contributed by atoms with Gasteiger partial charge in [0.25, 0.3) is 0 Å². The van der Waals surface area contributed by atoms with Gasteiger partial charge in [0.15, 0.2) is 4.77 Å². The Morgan fingerprint density at radius 3 is 2.26 bits per heavy atom. The van der Waals surface area contributed by atoms with E-state index < -0.39 is 0 Å². The van der Waals surface area contributed by atoms with Crippen LogP contribution < -0.4 is 0 Å². The molecule has 4 bridgehead atoms. The van der Waals surface area contributed by atoms with Crippen molar-refractivity contribution >= 4 is 12.2 Å². The van der Waals surface area contributed by atoms with Crippen LogP contribution in [0.4, 0.5) is 0 Å². The zero-order chi connectivity index (χ0) is 15.4. The number of H-pyrrole nitrogens is 1. The number of benzene rings is 1. The van der Waals surface area contributed by atoms with Gasteiger partial charge in [-0.3, -0.25) is 9.67 Å². The monoisotopic (exact) mass is 325 g/mol. The molecule has 0 spiro atoms. The van der Waals surface area contributed by atoms with Crippen molar-refractivity contribution in [2.75, 3.05) is 0 Å². The minimum atomic E-state index is 0.253. The van der Waals surface area contributed by atoms with E-state index in [4.69, 9.17) is 12.2 Å². The molecule has 0 saturated heterocycles. The Morgan fingerprint density at radius 1 is 1.04 bits per heavy atom. The second-order valence-electron chi connectivity index (χ2n) is 8.08. The average Bonchev–Trinajstić information content (AvgIpc) is 2.88. The fraction of sp³-hybridized carbons (Fsp3) is 0.579. The molecule has 0 radical (unpaired) electrons. The van der Waals surface area contributed by atoms with Crippen molar-refractivity contribution in [3.05, 3.63) is 46.5 Å². The summed E-state index contributed by atoms with van der Waals surface area (Å²) in [4.78, 5) is 0. The summed E-state index contributed by atoms with van der Waals surface area (Å²) in [6.07, 6.45) is 9.18. The van der Waals surface area contributed by atoms with Gasteiger partial charge in [0.2, 0.25) is 0 Å². The molecule has 6 rings (SSSR count). The van der Waals surface area contributed by atoms with Crippen LogP contribution in [0.15, 0.2) is 30.3 Å². The summed E-state index contributed by atoms with van der Waals surface area (Å²) >= 11 is 5.67. The average molecular weight is 325 g/mol. The Kier molecular flexibility index (Phi) is 3.06. The van der Waals surface area contributed by atoms with E-state index in [9.17, 15) is 0 Å². The van der Waals surface area contributed by atoms with E-state index in [1.54, 1.807) is 0 Å². The molecule has 1 heterocycles. The van der Waals surface area contributed by atoms with Gasteiger partial charge in [-0.15, -0.1) is 0 Å². The summed E-state index contributed by atoms with van der Waals surface area (Å²) in [5, 5.41) is 7.71. The molecule has 0 atom stereocenters. The van der Waals surface area contributed by atoms with E-state index in [-0.39, 0.29) is 5.54 Å². The molecule has 23 heavy (non-hydrogen) atoms. The Labute approximate surface area is 142 Å². The largest absolute Gasteiger partial charge is 0.298 e. The normalized spacial score (nSPS) is 34.9. The maximum atomic E-state index is 5.67. The Bertz CT molecular complexity index is 738. The minimum Gasteiger partial charge on any atom is -0.298 e. The van der Waals surface area contributed by atoms with Crippen LogP contribution in [0.1, 0.15) is 49.9 Å². The van der Waals surface area contributed by atoms with Crippen molar-refractivity contribution in [1.82, 2.24) is 14.8 Å². The topological polar surface area (TPSA) is 33.6 Å². The zero-order valence-electron chi connectivity index (χ0n) is 13.4. The van der Waals surface area contributed by atoms with Crippen molar-refractivity contribution in [2.45, 2.75) is 50.5 Å². The fourth-order valence-corrected chi connectivity index (χ4v) is 6.40. The van der Waals surface area contributed by atoms with Crippen LogP contribution in [0.25, 0.3) is 0 Å². The zero-order valence-corrected chi connectivity index (χ0v) is 14.2. The molecule has 1 aromatic carbocycles. The van der Waals surface area contributed by atoms with Gasteiger partial charge in [0, 0.05) is 12.0 Å². The van der Waals surface area contributed by atoms with Gasteiger partial charge in [0.1, 0.15) is 5.82 Å². The number of nitrogens with one attached hydrogen (secondary N) is 1. The van der Waals surface area contributed by atoms with Gasteiger partial charge >= 0.3 is 0 Å². The lowest BCUT2D eigenvalue weighted by atomic mass is 9.53. The minimum absolute atomic E-state index is 0.253. The van der Waals surface area contributed by atoms with Crippen LogP contribution in [0, 0.1) is 22.5 Å². The summed E-state index contributed by atoms with van der Waals surface area (Å²) in [5.41, 5.74) is 1.57. The van der Waals surface area contributed by atoms with E-state index in [0.29, 0.717) is 0 Å². The van der Waals surface area contributed by atoms with Gasteiger partial charge in [-0.2, -0.15) is 5.10 Å². The third-order valence-electron chi connectivity index (χ3n) is 6.43. The summed E-state index contributed by atoms with van der Waals surface area (Å²) in [5.74, 6) is 3.89. The third-order valence-corrected chi connectivity index (χ3v) is 6.70. The van der Waals surface area contributed by atoms with Crippen LogP contribution in [0.2, 0.25) is 0 Å². The lowest BCUT2D eigenvalue weighted by Crippen LogP contribution is -2.52. The van der Waals surface area contributed by atoms with E-state index >= 15 is 0 Å². The van der Waals surface area contributed by atoms with Gasteiger partial charge in [-0.25, -0.2) is 0 Å². The Morgan fingerprint density at radius 2 is 1.65 bits per heavy atom. The first-order valence-corrected chi connectivity index (χ1v) is 9.33. The first-order chi connectivity index (χ1) is 11.2. The molecule has 1 N–H and O–H groups in total. The van der Waals surface area contributed by atoms with E-state index in [1.165, 1.54) is 44.1 Å². The summed E-state index contributed by atoms with van der Waals surface area (Å²) < 4.78 is 3.26. The highest BCUT2D eigenvalue weighted by Crippen LogP contribution is 2.59. The molecule has 120 valence electrons. The molecule has 4 aliphatic carbocycles. The number of aromatic nitrogens is 3. The first-order valence-electron chi connectivity index (χ1n) is 8.92. The molecule has 3 nitrogen and oxygen atoms in total. The lowest BCUT2D eigenvalue weighted by molar-refractivity contribution is -0.0451. The molecule has 0 amide bonds. The molecule has 0 unspecified atom stereocenters. The smallest absolute Gasteiger partial charge is 0.195 e. The van der Waals surface area contributed by atoms with Crippen LogP contribution in [0.5, 0.6) is 0 Å². The van der Waals surface area contributed by atoms with Crippen LogP contribution in [-0.4, -0.2) is 14.8 Å². The molecule has 4 saturated carbocycles. The highest BCUT2D eigenvalue weighted by Gasteiger charge is 2.52. The van der Waals surface area contributed by atoms with Crippen molar-refractivity contribution in [1.29, 1.82) is 0 Å². The van der Waals surface area contributed by atoms with Crippen molar-refractivity contribution in [3.63, 3.8) is 0 Å². The standard InChI is InChI=1S/C19H23N3S/c23-18-21-20-17(9-13-4-2-1-3-5-13)22(18)19-10-14-6-15(11-19)8-16(7-14)12-19/h1-5,14-16H,6-12H2,(H,21,23). The SMILES string of the molecule is S=c1[nH]nc(Cc2ccccc2)n1C12CC3CC(CC(C3)C1)C2. The molecular weight excluding hydrogens is 302 g/mol. The Hall–Kier alpha value is -1.42. The van der Waals surface area contributed by atoms with Crippen LogP contribution in [0.3, 0.4) is 0 Å². The summed E-state index contributed by atoms with van der Waals surface area (Å²) in [7, 11) is 0. The van der Waals surface area contributed by atoms with Crippen LogP contribution >= 0.6 is 12.2 Å². The molecule has 4 aliphatic rings. The van der Waals surface area contributed by atoms with Crippen molar-refractivity contribution < 1.29 is 0 Å². The number of aromatic amines is 1. The summed E-state index contributed by atoms with van der Waals surface area (Å²) in [6, 6.07) is 10.6. The molecular formula is C19H23N3S. The molecule has 4 heteroatoms. The van der Waals surface area contributed by atoms with Gasteiger partial charge in [-0.1, -0.05) is 30.3 Å².